The number of nitrogens with one attached hydrogen (secondary N) is 2. The summed E-state index contributed by atoms with van der Waals surface area (Å²) in [7, 11) is 1.58. The van der Waals surface area contributed by atoms with Gasteiger partial charge in [0.15, 0.2) is 0 Å². The molecule has 0 atom stereocenters. The first kappa shape index (κ1) is 19.8. The number of nitrogens with zero attached hydrogens (tertiary/aromatic N) is 3. The topological polar surface area (TPSA) is 88.5 Å². The zero-order valence-corrected chi connectivity index (χ0v) is 16.9. The van der Waals surface area contributed by atoms with Crippen molar-refractivity contribution in [1.29, 1.82) is 0 Å². The molecule has 8 heteroatoms. The van der Waals surface area contributed by atoms with Gasteiger partial charge in [-0.3, -0.25) is 4.79 Å². The van der Waals surface area contributed by atoms with Gasteiger partial charge in [-0.2, -0.15) is 0 Å². The maximum atomic E-state index is 12.6. The Labute approximate surface area is 174 Å². The van der Waals surface area contributed by atoms with Crippen molar-refractivity contribution >= 4 is 28.7 Å². The summed E-state index contributed by atoms with van der Waals surface area (Å²) in [5.41, 5.74) is 3.05. The van der Waals surface area contributed by atoms with Crippen LogP contribution in [0.25, 0.3) is 11.0 Å². The van der Waals surface area contributed by atoms with Crippen LogP contribution in [0.5, 0.6) is 5.75 Å². The molecule has 1 aromatic heterocycles. The molecule has 0 spiro atoms. The molecular weight excluding hydrogens is 382 g/mol. The van der Waals surface area contributed by atoms with Crippen LogP contribution in [0.4, 0.5) is 10.5 Å². The van der Waals surface area contributed by atoms with Gasteiger partial charge in [0.2, 0.25) is 0 Å². The van der Waals surface area contributed by atoms with Crippen molar-refractivity contribution in [3.63, 3.8) is 0 Å². The van der Waals surface area contributed by atoms with E-state index in [-0.39, 0.29) is 11.9 Å². The average molecular weight is 407 g/mol. The van der Waals surface area contributed by atoms with E-state index in [0.717, 1.165) is 37.0 Å². The second-order valence-corrected chi connectivity index (χ2v) is 7.25. The van der Waals surface area contributed by atoms with Crippen molar-refractivity contribution in [2.45, 2.75) is 19.4 Å². The number of rotatable bonds is 6. The van der Waals surface area contributed by atoms with E-state index in [1.54, 1.807) is 25.6 Å². The Kier molecular flexibility index (Phi) is 5.83. The van der Waals surface area contributed by atoms with Crippen LogP contribution in [0.3, 0.4) is 0 Å². The van der Waals surface area contributed by atoms with Gasteiger partial charge in [0, 0.05) is 43.5 Å². The first-order valence-electron chi connectivity index (χ1n) is 10.1. The van der Waals surface area contributed by atoms with Gasteiger partial charge in [0.1, 0.15) is 5.75 Å². The third kappa shape index (κ3) is 4.37. The van der Waals surface area contributed by atoms with Crippen LogP contribution >= 0.6 is 0 Å². The monoisotopic (exact) mass is 407 g/mol. The first-order valence-corrected chi connectivity index (χ1v) is 10.1. The van der Waals surface area contributed by atoms with Crippen molar-refractivity contribution in [3.05, 3.63) is 54.4 Å². The molecule has 0 bridgehead atoms. The summed E-state index contributed by atoms with van der Waals surface area (Å²) in [6, 6.07) is 12.5. The van der Waals surface area contributed by atoms with Crippen LogP contribution in [0.15, 0.2) is 48.8 Å². The lowest BCUT2D eigenvalue weighted by Crippen LogP contribution is -2.31. The fourth-order valence-corrected chi connectivity index (χ4v) is 3.64. The van der Waals surface area contributed by atoms with Crippen LogP contribution in [-0.4, -0.2) is 53.1 Å². The minimum atomic E-state index is -0.286. The van der Waals surface area contributed by atoms with Crippen LogP contribution < -0.4 is 15.4 Å². The molecule has 1 fully saturated rings. The molecule has 2 N–H and O–H groups in total. The molecule has 1 aliphatic heterocycles. The molecule has 4 rings (SSSR count). The Hall–Kier alpha value is -3.55. The Morgan fingerprint density at radius 1 is 1.13 bits per heavy atom. The van der Waals surface area contributed by atoms with E-state index in [9.17, 15) is 9.59 Å². The molecule has 3 aromatic rings. The predicted molar refractivity (Wildman–Crippen MR) is 115 cm³/mol. The Morgan fingerprint density at radius 2 is 1.97 bits per heavy atom. The maximum absolute atomic E-state index is 12.6. The van der Waals surface area contributed by atoms with Crippen LogP contribution in [0.2, 0.25) is 0 Å². The van der Waals surface area contributed by atoms with Crippen LogP contribution in [0, 0.1) is 0 Å². The maximum Gasteiger partial charge on any atom is 0.319 e. The van der Waals surface area contributed by atoms with Crippen molar-refractivity contribution in [1.82, 2.24) is 19.8 Å². The number of amides is 3. The summed E-state index contributed by atoms with van der Waals surface area (Å²) in [5.74, 6) is 0.750. The molecule has 0 saturated carbocycles. The van der Waals surface area contributed by atoms with Gasteiger partial charge in [-0.15, -0.1) is 0 Å². The molecule has 8 nitrogen and oxygen atoms in total. The lowest BCUT2D eigenvalue weighted by atomic mass is 10.1. The third-order valence-electron chi connectivity index (χ3n) is 5.23. The number of carbonyl (C=O) groups excluding carboxylic acids is 2. The van der Waals surface area contributed by atoms with E-state index in [2.05, 4.69) is 15.6 Å². The smallest absolute Gasteiger partial charge is 0.319 e. The quantitative estimate of drug-likeness (QED) is 0.657. The average Bonchev–Trinajstić information content (AvgIpc) is 3.43. The van der Waals surface area contributed by atoms with Crippen molar-refractivity contribution in [3.8, 4) is 5.75 Å². The number of ether oxygens (including phenoxy) is 1. The number of imidazole rings is 1. The van der Waals surface area contributed by atoms with E-state index in [0.29, 0.717) is 30.1 Å². The van der Waals surface area contributed by atoms with Crippen molar-refractivity contribution in [2.24, 2.45) is 0 Å². The van der Waals surface area contributed by atoms with Crippen LogP contribution in [0.1, 0.15) is 23.2 Å². The fraction of sp³-hybridized carbons (Fsp3) is 0.318. The fourth-order valence-electron chi connectivity index (χ4n) is 3.64. The van der Waals surface area contributed by atoms with E-state index >= 15 is 0 Å². The van der Waals surface area contributed by atoms with Gasteiger partial charge in [-0.1, -0.05) is 6.07 Å². The molecule has 0 radical (unpaired) electrons. The summed E-state index contributed by atoms with van der Waals surface area (Å²) in [4.78, 5) is 31.0. The largest absolute Gasteiger partial charge is 0.497 e. The highest BCUT2D eigenvalue weighted by molar-refractivity contribution is 5.97. The predicted octanol–water partition coefficient (Wildman–Crippen LogP) is 3.10. The van der Waals surface area contributed by atoms with Gasteiger partial charge in [0.05, 0.1) is 24.5 Å². The zero-order chi connectivity index (χ0) is 20.9. The highest BCUT2D eigenvalue weighted by Gasteiger charge is 2.20. The summed E-state index contributed by atoms with van der Waals surface area (Å²) in [6.45, 7) is 2.67. The number of aromatic nitrogens is 2. The zero-order valence-electron chi connectivity index (χ0n) is 16.9. The molecule has 2 aromatic carbocycles. The van der Waals surface area contributed by atoms with Crippen LogP contribution in [-0.2, 0) is 6.54 Å². The minimum absolute atomic E-state index is 0.0693. The van der Waals surface area contributed by atoms with Gasteiger partial charge < -0.3 is 24.8 Å². The highest BCUT2D eigenvalue weighted by Crippen LogP contribution is 2.19. The molecule has 1 saturated heterocycles. The summed E-state index contributed by atoms with van der Waals surface area (Å²) in [5, 5.41) is 5.62. The lowest BCUT2D eigenvalue weighted by Gasteiger charge is -2.15. The highest BCUT2D eigenvalue weighted by atomic mass is 16.5. The SMILES string of the molecule is COc1cccc(NC(=O)NCCn2cnc3cc(C(=O)N4CCCC4)ccc32)c1. The van der Waals surface area contributed by atoms with Gasteiger partial charge in [-0.05, 0) is 43.2 Å². The number of urea groups is 1. The number of fused-ring (bicyclic) bond motifs is 1. The Balaban J connectivity index is 1.33. The number of anilines is 1. The van der Waals surface area contributed by atoms with Crippen molar-refractivity contribution < 1.29 is 14.3 Å². The molecule has 2 heterocycles. The van der Waals surface area contributed by atoms with Gasteiger partial charge in [0.25, 0.3) is 5.91 Å². The number of likely N-dealkylation sites (tertiary alicyclic amines) is 1. The molecule has 1 aliphatic rings. The normalized spacial score (nSPS) is 13.4. The second-order valence-electron chi connectivity index (χ2n) is 7.25. The van der Waals surface area contributed by atoms with Gasteiger partial charge >= 0.3 is 6.03 Å². The third-order valence-corrected chi connectivity index (χ3v) is 5.23. The summed E-state index contributed by atoms with van der Waals surface area (Å²) < 4.78 is 7.12. The standard InChI is InChI=1S/C22H25N5O3/c1-30-18-6-4-5-17(14-18)25-22(29)23-9-12-27-15-24-19-13-16(7-8-20(19)27)21(28)26-10-2-3-11-26/h4-8,13-15H,2-3,9-12H2,1H3,(H2,23,25,29). The lowest BCUT2D eigenvalue weighted by molar-refractivity contribution is 0.0793. The van der Waals surface area contributed by atoms with Gasteiger partial charge in [-0.25, -0.2) is 9.78 Å². The number of hydrogen-bond donors (Lipinski definition) is 2. The Morgan fingerprint density at radius 3 is 2.77 bits per heavy atom. The van der Waals surface area contributed by atoms with E-state index in [4.69, 9.17) is 4.74 Å². The summed E-state index contributed by atoms with van der Waals surface area (Å²) >= 11 is 0. The van der Waals surface area contributed by atoms with E-state index < -0.39 is 0 Å². The second kappa shape index (κ2) is 8.86. The molecular formula is C22H25N5O3. The summed E-state index contributed by atoms with van der Waals surface area (Å²) in [6.07, 6.45) is 3.87. The molecule has 0 aliphatic carbocycles. The van der Waals surface area contributed by atoms with E-state index in [1.165, 1.54) is 0 Å². The number of methoxy groups -OCH3 is 1. The molecule has 3 amide bonds. The first-order chi connectivity index (χ1) is 14.6. The number of carbonyl (C=O) groups is 2. The molecule has 0 unspecified atom stereocenters. The molecule has 156 valence electrons. The number of benzene rings is 2. The number of hydrogen-bond acceptors (Lipinski definition) is 4. The van der Waals surface area contributed by atoms with Crippen molar-refractivity contribution in [2.75, 3.05) is 32.1 Å². The van der Waals surface area contributed by atoms with E-state index in [1.807, 2.05) is 39.8 Å². The Bertz CT molecular complexity index is 1060. The molecule has 30 heavy (non-hydrogen) atoms. The minimum Gasteiger partial charge on any atom is -0.497 e.